The molecular weight excluding hydrogens is 853 g/mol. The molecule has 1 atom stereocenters. The van der Waals surface area contributed by atoms with Crippen LogP contribution in [-0.4, -0.2) is 69.6 Å². The van der Waals surface area contributed by atoms with E-state index in [9.17, 15) is 18.8 Å². The molecule has 2 aromatic carbocycles. The molecule has 0 bridgehead atoms. The zero-order valence-corrected chi connectivity index (χ0v) is 34.1. The number of carboxylic acid groups (broad SMARTS) is 1. The maximum Gasteiger partial charge on any atom is 0.407 e. The summed E-state index contributed by atoms with van der Waals surface area (Å²) < 4.78 is 38.1. The number of hydrogen-bond donors (Lipinski definition) is 4. The van der Waals surface area contributed by atoms with E-state index in [0.717, 1.165) is 46.0 Å². The number of carbonyl (C=O) groups is 2. The Hall–Kier alpha value is -5.78. The maximum atomic E-state index is 14.8. The van der Waals surface area contributed by atoms with Crippen molar-refractivity contribution in [1.82, 2.24) is 30.4 Å². The SMILES string of the molecule is COC(=O)NC1(c2ccc(Oc3ccc(Br)cn3)cc2)CC1.O=C(O)NC1(c2ccc(Oc3ccc(-n4ncc(NC[C@@]5(F)CCCOC5)c(Cl)c4=O)cn3)cc2)CC1. The van der Waals surface area contributed by atoms with E-state index in [0.29, 0.717) is 48.4 Å². The van der Waals surface area contributed by atoms with E-state index in [1.807, 2.05) is 42.5 Å². The van der Waals surface area contributed by atoms with Gasteiger partial charge in [-0.2, -0.15) is 9.78 Å². The van der Waals surface area contributed by atoms with Gasteiger partial charge in [-0.1, -0.05) is 35.9 Å². The third-order valence-corrected chi connectivity index (χ3v) is 10.9. The van der Waals surface area contributed by atoms with Gasteiger partial charge in [-0.3, -0.25) is 4.79 Å². The first-order valence-electron chi connectivity index (χ1n) is 18.7. The number of nitrogens with zero attached hydrogens (tertiary/aromatic N) is 4. The normalized spacial score (nSPS) is 18.2. The van der Waals surface area contributed by atoms with Crippen molar-refractivity contribution >= 4 is 45.4 Å². The number of carbonyl (C=O) groups excluding carboxylic acids is 1. The molecule has 0 radical (unpaired) electrons. The molecule has 2 saturated carbocycles. The smallest absolute Gasteiger partial charge is 0.407 e. The van der Waals surface area contributed by atoms with Crippen molar-refractivity contribution in [2.75, 3.05) is 32.2 Å². The number of halogens is 3. The fraction of sp³-hybridized carbons (Fsp3) is 0.317. The third kappa shape index (κ3) is 10.3. The number of methoxy groups -OCH3 is 1. The van der Waals surface area contributed by atoms with Crippen molar-refractivity contribution in [2.24, 2.45) is 0 Å². The van der Waals surface area contributed by atoms with Crippen LogP contribution in [0.5, 0.6) is 23.3 Å². The number of aromatic nitrogens is 4. The van der Waals surface area contributed by atoms with Crippen LogP contribution < -0.4 is 31.0 Å². The summed E-state index contributed by atoms with van der Waals surface area (Å²) >= 11 is 9.59. The van der Waals surface area contributed by atoms with E-state index in [2.05, 4.69) is 51.7 Å². The fourth-order valence-electron chi connectivity index (χ4n) is 6.53. The summed E-state index contributed by atoms with van der Waals surface area (Å²) in [5, 5.41) is 21.4. The van der Waals surface area contributed by atoms with Gasteiger partial charge in [0.15, 0.2) is 5.67 Å². The van der Waals surface area contributed by atoms with Crippen molar-refractivity contribution in [1.29, 1.82) is 0 Å². The van der Waals surface area contributed by atoms with Crippen LogP contribution in [0, 0.1) is 0 Å². The summed E-state index contributed by atoms with van der Waals surface area (Å²) in [7, 11) is 1.37. The minimum absolute atomic E-state index is 0.00491. The monoisotopic (exact) mass is 891 g/mol. The first-order valence-corrected chi connectivity index (χ1v) is 19.9. The number of hydrogen-bond acceptors (Lipinski definition) is 11. The highest BCUT2D eigenvalue weighted by Gasteiger charge is 2.46. The van der Waals surface area contributed by atoms with E-state index >= 15 is 0 Å². The molecule has 5 aromatic rings. The molecule has 308 valence electrons. The minimum atomic E-state index is -1.52. The van der Waals surface area contributed by atoms with Crippen molar-refractivity contribution in [3.05, 3.63) is 122 Å². The largest absolute Gasteiger partial charge is 0.465 e. The van der Waals surface area contributed by atoms with Crippen LogP contribution in [0.3, 0.4) is 0 Å². The number of alkyl halides is 1. The molecular formula is C41H40BrClFN7O8. The van der Waals surface area contributed by atoms with E-state index in [4.69, 9.17) is 30.9 Å². The van der Waals surface area contributed by atoms with Gasteiger partial charge in [-0.15, -0.1) is 0 Å². The van der Waals surface area contributed by atoms with Gasteiger partial charge in [-0.25, -0.2) is 23.9 Å². The van der Waals surface area contributed by atoms with Crippen LogP contribution in [0.25, 0.3) is 5.69 Å². The van der Waals surface area contributed by atoms with Crippen LogP contribution in [0.1, 0.15) is 49.7 Å². The van der Waals surface area contributed by atoms with Gasteiger partial charge in [0.25, 0.3) is 5.56 Å². The third-order valence-electron chi connectivity index (χ3n) is 10.1. The Labute approximate surface area is 351 Å². The lowest BCUT2D eigenvalue weighted by Gasteiger charge is -2.29. The number of benzene rings is 2. The number of amides is 2. The molecule has 4 heterocycles. The maximum absolute atomic E-state index is 14.8. The second-order valence-corrected chi connectivity index (χ2v) is 15.7. The number of ether oxygens (including phenoxy) is 4. The van der Waals surface area contributed by atoms with Crippen molar-refractivity contribution in [3.8, 4) is 28.9 Å². The molecule has 8 rings (SSSR count). The molecule has 18 heteroatoms. The fourth-order valence-corrected chi connectivity index (χ4v) is 6.96. The van der Waals surface area contributed by atoms with Crippen molar-refractivity contribution in [3.63, 3.8) is 0 Å². The summed E-state index contributed by atoms with van der Waals surface area (Å²) in [6, 6.07) is 21.6. The Kier molecular flexibility index (Phi) is 12.3. The van der Waals surface area contributed by atoms with Gasteiger partial charge >= 0.3 is 12.2 Å². The second kappa shape index (κ2) is 17.6. The zero-order valence-electron chi connectivity index (χ0n) is 31.8. The minimum Gasteiger partial charge on any atom is -0.465 e. The lowest BCUT2D eigenvalue weighted by molar-refractivity contribution is -0.0234. The van der Waals surface area contributed by atoms with Gasteiger partial charge in [-0.05, 0) is 102 Å². The number of alkyl carbamates (subject to hydrolysis) is 1. The standard InChI is InChI=1S/C25H25ClFN5O5.C16H15BrN2O3/c26-21-19(29-14-24(27)8-1-11-36-15-24)13-30-32(22(21)33)17-4-7-20(28-12-17)37-18-5-2-16(3-6-18)25(9-10-25)31-23(34)35;1-21-15(20)19-16(8-9-16)11-2-5-13(6-3-11)22-14-7-4-12(17)10-18-14/h2-7,12-13,29,31H,1,8-11,14-15H2,(H,34,35);2-7,10H,8-9H2,1H3,(H,19,20)/t24-;/m0./s1. The van der Waals surface area contributed by atoms with Crippen LogP contribution in [0.2, 0.25) is 5.02 Å². The lowest BCUT2D eigenvalue weighted by atomic mass is 9.99. The highest BCUT2D eigenvalue weighted by atomic mass is 79.9. The van der Waals surface area contributed by atoms with E-state index in [-0.39, 0.29) is 29.4 Å². The van der Waals surface area contributed by atoms with Gasteiger partial charge < -0.3 is 40.0 Å². The summed E-state index contributed by atoms with van der Waals surface area (Å²) in [5.74, 6) is 2.05. The lowest BCUT2D eigenvalue weighted by Crippen LogP contribution is -2.40. The van der Waals surface area contributed by atoms with Crippen LogP contribution in [-0.2, 0) is 20.6 Å². The predicted molar refractivity (Wildman–Crippen MR) is 219 cm³/mol. The Morgan fingerprint density at radius 3 is 1.95 bits per heavy atom. The van der Waals surface area contributed by atoms with Gasteiger partial charge in [0.1, 0.15) is 16.5 Å². The van der Waals surface area contributed by atoms with Crippen LogP contribution in [0.4, 0.5) is 19.7 Å². The molecule has 2 amide bonds. The number of rotatable bonds is 12. The van der Waals surface area contributed by atoms with Crippen molar-refractivity contribution in [2.45, 2.75) is 55.3 Å². The first kappa shape index (κ1) is 41.4. The Morgan fingerprint density at radius 1 is 0.864 bits per heavy atom. The number of nitrogens with one attached hydrogen (secondary N) is 3. The molecule has 3 aromatic heterocycles. The Morgan fingerprint density at radius 2 is 1.46 bits per heavy atom. The molecule has 59 heavy (non-hydrogen) atoms. The molecule has 2 aliphatic carbocycles. The van der Waals surface area contributed by atoms with Gasteiger partial charge in [0.2, 0.25) is 11.8 Å². The predicted octanol–water partition coefficient (Wildman–Crippen LogP) is 8.24. The molecule has 1 saturated heterocycles. The van der Waals surface area contributed by atoms with Crippen molar-refractivity contribution < 1.29 is 38.0 Å². The molecule has 4 N–H and O–H groups in total. The molecule has 15 nitrogen and oxygen atoms in total. The van der Waals surface area contributed by atoms with Gasteiger partial charge in [0, 0.05) is 29.4 Å². The zero-order chi connectivity index (χ0) is 41.6. The quantitative estimate of drug-likeness (QED) is 0.0941. The molecule has 3 fully saturated rings. The molecule has 0 spiro atoms. The molecule has 3 aliphatic rings. The van der Waals surface area contributed by atoms with Crippen LogP contribution in [0.15, 0.2) is 101 Å². The van der Waals surface area contributed by atoms with E-state index in [1.165, 1.54) is 19.5 Å². The molecule has 0 unspecified atom stereocenters. The number of pyridine rings is 2. The average molecular weight is 893 g/mol. The van der Waals surface area contributed by atoms with Gasteiger partial charge in [0.05, 0.1) is 55.1 Å². The topological polar surface area (TPSA) is 188 Å². The highest BCUT2D eigenvalue weighted by molar-refractivity contribution is 9.10. The molecule has 1 aliphatic heterocycles. The Bertz CT molecular complexity index is 2320. The van der Waals surface area contributed by atoms with E-state index < -0.39 is 29.0 Å². The summed E-state index contributed by atoms with van der Waals surface area (Å²) in [6.07, 6.45) is 7.36. The Balaban J connectivity index is 0.000000204. The second-order valence-electron chi connectivity index (χ2n) is 14.4. The summed E-state index contributed by atoms with van der Waals surface area (Å²) in [5.41, 5.74) is -0.364. The van der Waals surface area contributed by atoms with Crippen LogP contribution >= 0.6 is 27.5 Å². The van der Waals surface area contributed by atoms with E-state index in [1.54, 1.807) is 36.5 Å². The number of anilines is 1. The average Bonchev–Trinajstić information content (AvgIpc) is 4.18. The first-order chi connectivity index (χ1) is 28.4. The highest BCUT2D eigenvalue weighted by Crippen LogP contribution is 2.47. The summed E-state index contributed by atoms with van der Waals surface area (Å²) in [6.45, 7) is 0.500. The summed E-state index contributed by atoms with van der Waals surface area (Å²) in [4.78, 5) is 43.6.